The lowest BCUT2D eigenvalue weighted by molar-refractivity contribution is -0.150. The summed E-state index contributed by atoms with van der Waals surface area (Å²) in [7, 11) is 3.10. The molecule has 0 aliphatic carbocycles. The first-order valence-corrected chi connectivity index (χ1v) is 12.2. The van der Waals surface area contributed by atoms with Crippen molar-refractivity contribution in [3.8, 4) is 17.6 Å². The van der Waals surface area contributed by atoms with Crippen LogP contribution >= 0.6 is 0 Å². The number of hydrogen-bond donors (Lipinski definition) is 1. The van der Waals surface area contributed by atoms with Crippen LogP contribution in [0.5, 0.6) is 11.5 Å². The average molecular weight is 521 g/mol. The van der Waals surface area contributed by atoms with E-state index in [9.17, 15) is 9.90 Å². The Labute approximate surface area is 221 Å². The van der Waals surface area contributed by atoms with E-state index in [1.807, 2.05) is 50.2 Å². The number of amides is 1. The highest BCUT2D eigenvalue weighted by atomic mass is 16.5. The van der Waals surface area contributed by atoms with E-state index < -0.39 is 23.0 Å². The van der Waals surface area contributed by atoms with E-state index in [1.165, 1.54) is 4.68 Å². The Morgan fingerprint density at radius 3 is 2.58 bits per heavy atom. The number of para-hydroxylation sites is 2. The molecule has 0 saturated heterocycles. The van der Waals surface area contributed by atoms with Gasteiger partial charge in [-0.1, -0.05) is 44.2 Å². The largest absolute Gasteiger partial charge is 0.493 e. The van der Waals surface area contributed by atoms with E-state index in [0.717, 1.165) is 5.56 Å². The monoisotopic (exact) mass is 520 g/mol. The van der Waals surface area contributed by atoms with Gasteiger partial charge in [0, 0.05) is 35.4 Å². The van der Waals surface area contributed by atoms with Crippen molar-refractivity contribution in [2.24, 2.45) is 5.41 Å². The molecular weight excluding hydrogens is 488 g/mol. The molecular formula is C27H32N6O5. The maximum Gasteiger partial charge on any atom is 0.267 e. The van der Waals surface area contributed by atoms with Gasteiger partial charge in [-0.3, -0.25) is 4.79 Å². The second-order valence-corrected chi connectivity index (χ2v) is 10.0. The molecule has 1 aromatic heterocycles. The van der Waals surface area contributed by atoms with E-state index in [4.69, 9.17) is 19.5 Å². The zero-order valence-corrected chi connectivity index (χ0v) is 22.2. The van der Waals surface area contributed by atoms with Crippen LogP contribution in [0.4, 0.5) is 5.69 Å². The van der Waals surface area contributed by atoms with Crippen LogP contribution in [0, 0.1) is 16.7 Å². The summed E-state index contributed by atoms with van der Waals surface area (Å²) in [6, 6.07) is 15.0. The van der Waals surface area contributed by atoms with Crippen molar-refractivity contribution in [3.05, 3.63) is 59.4 Å². The molecule has 38 heavy (non-hydrogen) atoms. The highest BCUT2D eigenvalue weighted by molar-refractivity contribution is 6.01. The summed E-state index contributed by atoms with van der Waals surface area (Å²) >= 11 is 0. The standard InChI is InChI=1S/C27H32N6O5/c1-26(2,17-34)16-32-20-12-7-6-10-18(20)22(19-11-8-13-21(36-4)23(19)37-5)38-27(3,25(32)35)24-29-30-31-33(24)15-9-14-28/h6-8,10-13,22,34H,9,15-17H2,1-5H3. The van der Waals surface area contributed by atoms with Crippen molar-refractivity contribution in [1.29, 1.82) is 5.26 Å². The number of fused-ring (bicyclic) bond motifs is 1. The summed E-state index contributed by atoms with van der Waals surface area (Å²) in [6.45, 7) is 5.66. The van der Waals surface area contributed by atoms with Crippen LogP contribution in [-0.4, -0.2) is 58.6 Å². The van der Waals surface area contributed by atoms with Crippen molar-refractivity contribution < 1.29 is 24.1 Å². The molecule has 2 unspecified atom stereocenters. The first kappa shape index (κ1) is 27.0. The summed E-state index contributed by atoms with van der Waals surface area (Å²) in [5.74, 6) is 0.756. The van der Waals surface area contributed by atoms with Crippen LogP contribution < -0.4 is 14.4 Å². The highest BCUT2D eigenvalue weighted by Crippen LogP contribution is 2.48. The van der Waals surface area contributed by atoms with Gasteiger partial charge in [0.1, 0.15) is 6.10 Å². The van der Waals surface area contributed by atoms with Crippen molar-refractivity contribution in [3.63, 3.8) is 0 Å². The lowest BCUT2D eigenvalue weighted by Gasteiger charge is -2.35. The number of tetrazole rings is 1. The van der Waals surface area contributed by atoms with Crippen molar-refractivity contribution in [2.45, 2.75) is 45.4 Å². The van der Waals surface area contributed by atoms with Crippen LogP contribution in [0.25, 0.3) is 0 Å². The number of methoxy groups -OCH3 is 2. The van der Waals surface area contributed by atoms with Crippen LogP contribution in [0.2, 0.25) is 0 Å². The molecule has 11 nitrogen and oxygen atoms in total. The number of hydrogen-bond acceptors (Lipinski definition) is 9. The molecule has 1 aliphatic rings. The third-order valence-corrected chi connectivity index (χ3v) is 6.64. The number of aliphatic hydroxyl groups excluding tert-OH is 1. The summed E-state index contributed by atoms with van der Waals surface area (Å²) in [6.07, 6.45) is -0.634. The molecule has 200 valence electrons. The van der Waals surface area contributed by atoms with Gasteiger partial charge in [0.25, 0.3) is 5.91 Å². The van der Waals surface area contributed by atoms with Gasteiger partial charge in [0.2, 0.25) is 5.60 Å². The summed E-state index contributed by atoms with van der Waals surface area (Å²) in [5, 5.41) is 31.3. The van der Waals surface area contributed by atoms with Crippen molar-refractivity contribution >= 4 is 11.6 Å². The first-order valence-electron chi connectivity index (χ1n) is 12.2. The molecule has 2 aromatic carbocycles. The number of benzene rings is 2. The minimum atomic E-state index is -1.66. The predicted octanol–water partition coefficient (Wildman–Crippen LogP) is 2.99. The fourth-order valence-electron chi connectivity index (χ4n) is 4.66. The number of carbonyl (C=O) groups is 1. The molecule has 2 atom stereocenters. The highest BCUT2D eigenvalue weighted by Gasteiger charge is 2.51. The zero-order valence-electron chi connectivity index (χ0n) is 22.2. The third-order valence-electron chi connectivity index (χ3n) is 6.64. The Morgan fingerprint density at radius 2 is 1.89 bits per heavy atom. The fraction of sp³-hybridized carbons (Fsp3) is 0.444. The Morgan fingerprint density at radius 1 is 1.16 bits per heavy atom. The molecule has 1 amide bonds. The number of ether oxygens (including phenoxy) is 3. The number of carbonyl (C=O) groups excluding carboxylic acids is 1. The zero-order chi connectivity index (χ0) is 27.5. The summed E-state index contributed by atoms with van der Waals surface area (Å²) in [5.41, 5.74) is -0.279. The van der Waals surface area contributed by atoms with E-state index in [-0.39, 0.29) is 31.9 Å². The topological polar surface area (TPSA) is 136 Å². The number of aromatic nitrogens is 4. The molecule has 0 bridgehead atoms. The fourth-order valence-corrected chi connectivity index (χ4v) is 4.66. The Balaban J connectivity index is 1.99. The predicted molar refractivity (Wildman–Crippen MR) is 138 cm³/mol. The SMILES string of the molecule is COc1cccc(C2OC(C)(c3nnnn3CCC#N)C(=O)N(CC(C)(C)CO)c3ccccc32)c1OC. The number of aryl methyl sites for hydroxylation is 1. The second kappa shape index (κ2) is 10.8. The van der Waals surface area contributed by atoms with Gasteiger partial charge in [-0.05, 0) is 29.5 Å². The van der Waals surface area contributed by atoms with Gasteiger partial charge in [0.05, 0.1) is 33.3 Å². The molecule has 0 spiro atoms. The molecule has 0 fully saturated rings. The van der Waals surface area contributed by atoms with E-state index >= 15 is 0 Å². The van der Waals surface area contributed by atoms with Gasteiger partial charge in [-0.15, -0.1) is 5.10 Å². The molecule has 1 aliphatic heterocycles. The maximum absolute atomic E-state index is 14.5. The summed E-state index contributed by atoms with van der Waals surface area (Å²) < 4.78 is 19.5. The second-order valence-electron chi connectivity index (χ2n) is 10.0. The van der Waals surface area contributed by atoms with Crippen LogP contribution in [-0.2, 0) is 21.7 Å². The minimum absolute atomic E-state index is 0.135. The normalized spacial score (nSPS) is 19.4. The average Bonchev–Trinajstić information content (AvgIpc) is 3.39. The minimum Gasteiger partial charge on any atom is -0.493 e. The molecule has 2 heterocycles. The molecule has 4 rings (SSSR count). The quantitative estimate of drug-likeness (QED) is 0.451. The number of anilines is 1. The van der Waals surface area contributed by atoms with E-state index in [0.29, 0.717) is 22.7 Å². The van der Waals surface area contributed by atoms with E-state index in [2.05, 4.69) is 21.6 Å². The Bertz CT molecular complexity index is 1350. The Kier molecular flexibility index (Phi) is 7.66. The van der Waals surface area contributed by atoms with Crippen LogP contribution in [0.1, 0.15) is 50.2 Å². The van der Waals surface area contributed by atoms with Crippen molar-refractivity contribution in [2.75, 3.05) is 32.3 Å². The molecule has 0 saturated carbocycles. The number of aliphatic hydroxyl groups is 1. The van der Waals surface area contributed by atoms with Gasteiger partial charge in [-0.25, -0.2) is 4.68 Å². The van der Waals surface area contributed by atoms with E-state index in [1.54, 1.807) is 32.1 Å². The smallest absolute Gasteiger partial charge is 0.267 e. The first-order chi connectivity index (χ1) is 18.2. The van der Waals surface area contributed by atoms with Gasteiger partial charge in [-0.2, -0.15) is 5.26 Å². The summed E-state index contributed by atoms with van der Waals surface area (Å²) in [4.78, 5) is 16.1. The molecule has 0 radical (unpaired) electrons. The van der Waals surface area contributed by atoms with Crippen molar-refractivity contribution in [1.82, 2.24) is 20.2 Å². The van der Waals surface area contributed by atoms with Gasteiger partial charge >= 0.3 is 0 Å². The molecule has 11 heteroatoms. The number of nitrogens with zero attached hydrogens (tertiary/aromatic N) is 6. The molecule has 3 aromatic rings. The van der Waals surface area contributed by atoms with Gasteiger partial charge in [0.15, 0.2) is 17.3 Å². The molecule has 1 N–H and O–H groups in total. The lowest BCUT2D eigenvalue weighted by atomic mass is 9.92. The lowest BCUT2D eigenvalue weighted by Crippen LogP contribution is -2.50. The van der Waals surface area contributed by atoms with Crippen LogP contribution in [0.3, 0.4) is 0 Å². The maximum atomic E-state index is 14.5. The third kappa shape index (κ3) is 4.80. The number of rotatable bonds is 9. The van der Waals surface area contributed by atoms with Crippen LogP contribution in [0.15, 0.2) is 42.5 Å². The Hall–Kier alpha value is -4.01. The number of nitriles is 1. The van der Waals surface area contributed by atoms with Gasteiger partial charge < -0.3 is 24.2 Å².